The molecule has 4 nitrogen and oxygen atoms in total. The van der Waals surface area contributed by atoms with Crippen LogP contribution in [0.3, 0.4) is 0 Å². The van der Waals surface area contributed by atoms with Gasteiger partial charge in [-0.05, 0) is 12.1 Å². The average molecular weight is 295 g/mol. The van der Waals surface area contributed by atoms with Gasteiger partial charge in [0.15, 0.2) is 6.10 Å². The molecule has 1 amide bonds. The lowest BCUT2D eigenvalue weighted by Crippen LogP contribution is -2.31. The number of carbonyl (C=O) groups is 1. The molecule has 0 aromatic heterocycles. The van der Waals surface area contributed by atoms with Crippen LogP contribution in [0.1, 0.15) is 11.7 Å². The van der Waals surface area contributed by atoms with Crippen LogP contribution in [0.2, 0.25) is 5.02 Å². The van der Waals surface area contributed by atoms with Crippen LogP contribution in [0.4, 0.5) is 24.5 Å². The van der Waals surface area contributed by atoms with Crippen LogP contribution in [0.25, 0.3) is 0 Å². The lowest BCUT2D eigenvalue weighted by molar-refractivity contribution is -0.123. The van der Waals surface area contributed by atoms with E-state index in [0.717, 1.165) is 4.90 Å². The molecule has 0 spiro atoms. The molecule has 1 unspecified atom stereocenters. The Labute approximate surface area is 111 Å². The van der Waals surface area contributed by atoms with E-state index >= 15 is 0 Å². The maximum Gasteiger partial charge on any atom is 0.405 e. The van der Waals surface area contributed by atoms with Crippen LogP contribution in [-0.4, -0.2) is 30.8 Å². The minimum absolute atomic E-state index is 0.0426. The van der Waals surface area contributed by atoms with E-state index in [2.05, 4.69) is 5.32 Å². The quantitative estimate of drug-likeness (QED) is 0.880. The second kappa shape index (κ2) is 4.57. The highest BCUT2D eigenvalue weighted by molar-refractivity contribution is 6.33. The molecular weight excluding hydrogens is 285 g/mol. The molecule has 1 heterocycles. The van der Waals surface area contributed by atoms with Crippen molar-refractivity contribution in [1.82, 2.24) is 0 Å². The van der Waals surface area contributed by atoms with Crippen LogP contribution in [0.15, 0.2) is 12.1 Å². The Bertz CT molecular complexity index is 533. The number of halogens is 4. The zero-order valence-electron chi connectivity index (χ0n) is 9.75. The van der Waals surface area contributed by atoms with Crippen LogP contribution >= 0.6 is 11.6 Å². The van der Waals surface area contributed by atoms with E-state index in [1.54, 1.807) is 0 Å². The van der Waals surface area contributed by atoms with E-state index in [1.165, 1.54) is 19.2 Å². The molecule has 1 aliphatic rings. The maximum atomic E-state index is 12.3. The number of nitrogens with one attached hydrogen (secondary N) is 1. The second-order valence-electron chi connectivity index (χ2n) is 4.25. The summed E-state index contributed by atoms with van der Waals surface area (Å²) >= 11 is 5.89. The zero-order chi connectivity index (χ0) is 14.4. The molecule has 0 aliphatic carbocycles. The highest BCUT2D eigenvalue weighted by Crippen LogP contribution is 2.39. The fraction of sp³-hybridized carbons (Fsp3) is 0.364. The van der Waals surface area contributed by atoms with Gasteiger partial charge in [-0.1, -0.05) is 11.6 Å². The molecule has 0 fully saturated rings. The number of nitrogens with zero attached hydrogens (tertiary/aromatic N) is 1. The number of carbonyl (C=O) groups excluding carboxylic acids is 1. The van der Waals surface area contributed by atoms with Crippen molar-refractivity contribution in [3.8, 4) is 0 Å². The first-order chi connectivity index (χ1) is 8.69. The number of hydrogen-bond donors (Lipinski definition) is 2. The van der Waals surface area contributed by atoms with E-state index in [0.29, 0.717) is 0 Å². The standard InChI is InChI=1S/C11H10ClF3N2O2/c1-17(4-11(13,14)15)8-3-7-5(2-6(8)12)9(18)10(19)16-7/h2-3,9,18H,4H2,1H3,(H,16,19). The summed E-state index contributed by atoms with van der Waals surface area (Å²) in [6.45, 7) is -1.16. The van der Waals surface area contributed by atoms with Gasteiger partial charge in [-0.25, -0.2) is 0 Å². The Morgan fingerprint density at radius 3 is 2.68 bits per heavy atom. The van der Waals surface area contributed by atoms with Gasteiger partial charge in [-0.3, -0.25) is 4.79 Å². The number of rotatable bonds is 2. The molecule has 0 radical (unpaired) electrons. The first-order valence-electron chi connectivity index (χ1n) is 5.29. The van der Waals surface area contributed by atoms with Gasteiger partial charge in [-0.15, -0.1) is 0 Å². The van der Waals surface area contributed by atoms with Gasteiger partial charge >= 0.3 is 6.18 Å². The molecular formula is C11H10ClF3N2O2. The first-order valence-corrected chi connectivity index (χ1v) is 5.67. The molecule has 1 aromatic carbocycles. The third kappa shape index (κ3) is 2.76. The maximum absolute atomic E-state index is 12.3. The van der Waals surface area contributed by atoms with Crippen LogP contribution in [-0.2, 0) is 4.79 Å². The molecule has 0 bridgehead atoms. The summed E-state index contributed by atoms with van der Waals surface area (Å²) in [6.07, 6.45) is -5.70. The van der Waals surface area contributed by atoms with E-state index in [4.69, 9.17) is 11.6 Å². The summed E-state index contributed by atoms with van der Waals surface area (Å²) in [4.78, 5) is 12.2. The van der Waals surface area contributed by atoms with Crippen molar-refractivity contribution in [2.24, 2.45) is 0 Å². The third-order valence-corrected chi connectivity index (χ3v) is 3.05. The highest BCUT2D eigenvalue weighted by Gasteiger charge is 2.33. The number of fused-ring (bicyclic) bond motifs is 1. The molecule has 2 N–H and O–H groups in total. The molecule has 8 heteroatoms. The van der Waals surface area contributed by atoms with Crippen molar-refractivity contribution in [1.29, 1.82) is 0 Å². The Balaban J connectivity index is 2.34. The van der Waals surface area contributed by atoms with Crippen molar-refractivity contribution < 1.29 is 23.1 Å². The molecule has 1 atom stereocenters. The van der Waals surface area contributed by atoms with Crippen molar-refractivity contribution in [2.75, 3.05) is 23.8 Å². The van der Waals surface area contributed by atoms with Crippen molar-refractivity contribution in [3.63, 3.8) is 0 Å². The van der Waals surface area contributed by atoms with E-state index in [-0.39, 0.29) is 22.0 Å². The molecule has 2 rings (SSSR count). The third-order valence-electron chi connectivity index (χ3n) is 2.75. The van der Waals surface area contributed by atoms with E-state index in [9.17, 15) is 23.1 Å². The van der Waals surface area contributed by atoms with Crippen LogP contribution in [0.5, 0.6) is 0 Å². The summed E-state index contributed by atoms with van der Waals surface area (Å²) < 4.78 is 37.0. The summed E-state index contributed by atoms with van der Waals surface area (Å²) in [5, 5.41) is 11.9. The first kappa shape index (κ1) is 14.0. The van der Waals surface area contributed by atoms with Gasteiger partial charge in [0.05, 0.1) is 10.7 Å². The monoisotopic (exact) mass is 294 g/mol. The number of amides is 1. The SMILES string of the molecule is CN(CC(F)(F)F)c1cc2c(cc1Cl)C(O)C(=O)N2. The fourth-order valence-electron chi connectivity index (χ4n) is 1.90. The number of alkyl halides is 3. The van der Waals surface area contributed by atoms with Gasteiger partial charge in [0, 0.05) is 18.3 Å². The van der Waals surface area contributed by atoms with Crippen LogP contribution < -0.4 is 10.2 Å². The lowest BCUT2D eigenvalue weighted by Gasteiger charge is -2.22. The van der Waals surface area contributed by atoms with E-state index < -0.39 is 24.7 Å². The van der Waals surface area contributed by atoms with Crippen molar-refractivity contribution >= 4 is 28.9 Å². The summed E-state index contributed by atoms with van der Waals surface area (Å²) in [5.74, 6) is -0.623. The largest absolute Gasteiger partial charge is 0.405 e. The van der Waals surface area contributed by atoms with E-state index in [1.807, 2.05) is 0 Å². The number of aliphatic hydroxyl groups is 1. The van der Waals surface area contributed by atoms with Crippen molar-refractivity contribution in [2.45, 2.75) is 12.3 Å². The average Bonchev–Trinajstić information content (AvgIpc) is 2.52. The molecule has 1 aliphatic heterocycles. The molecule has 0 saturated carbocycles. The van der Waals surface area contributed by atoms with Gasteiger partial charge < -0.3 is 15.3 Å². The Morgan fingerprint density at radius 2 is 2.11 bits per heavy atom. The molecule has 104 valence electrons. The Hall–Kier alpha value is -1.47. The number of anilines is 2. The highest BCUT2D eigenvalue weighted by atomic mass is 35.5. The smallest absolute Gasteiger partial charge is 0.378 e. The van der Waals surface area contributed by atoms with Gasteiger partial charge in [0.2, 0.25) is 0 Å². The van der Waals surface area contributed by atoms with Gasteiger partial charge in [0.25, 0.3) is 5.91 Å². The number of benzene rings is 1. The topological polar surface area (TPSA) is 52.6 Å². The molecule has 1 aromatic rings. The second-order valence-corrected chi connectivity index (χ2v) is 4.66. The molecule has 0 saturated heterocycles. The minimum atomic E-state index is -4.36. The summed E-state index contributed by atoms with van der Waals surface area (Å²) in [6, 6.07) is 2.61. The Morgan fingerprint density at radius 1 is 1.47 bits per heavy atom. The predicted octanol–water partition coefficient (Wildman–Crippen LogP) is 2.32. The summed E-state index contributed by atoms with van der Waals surface area (Å²) in [5.41, 5.74) is 0.664. The van der Waals surface area contributed by atoms with Gasteiger partial charge in [0.1, 0.15) is 6.54 Å². The predicted molar refractivity (Wildman–Crippen MR) is 64.4 cm³/mol. The summed E-state index contributed by atoms with van der Waals surface area (Å²) in [7, 11) is 1.24. The van der Waals surface area contributed by atoms with Crippen molar-refractivity contribution in [3.05, 3.63) is 22.7 Å². The van der Waals surface area contributed by atoms with Gasteiger partial charge in [-0.2, -0.15) is 13.2 Å². The normalized spacial score (nSPS) is 18.2. The zero-order valence-corrected chi connectivity index (χ0v) is 10.5. The fourth-order valence-corrected chi connectivity index (χ4v) is 2.22. The molecule has 19 heavy (non-hydrogen) atoms. The lowest BCUT2D eigenvalue weighted by atomic mass is 10.1. The van der Waals surface area contributed by atoms with Crippen LogP contribution in [0, 0.1) is 0 Å². The number of aliphatic hydroxyl groups excluding tert-OH is 1. The number of hydrogen-bond acceptors (Lipinski definition) is 3. The Kier molecular flexibility index (Phi) is 3.36. The minimum Gasteiger partial charge on any atom is -0.378 e.